The third-order valence-corrected chi connectivity index (χ3v) is 3.27. The molecular formula is C12H20N2O5. The Bertz CT molecular complexity index is 372. The van der Waals surface area contributed by atoms with Gasteiger partial charge < -0.3 is 20.1 Å². The molecule has 0 aromatic rings. The van der Waals surface area contributed by atoms with Gasteiger partial charge in [0.2, 0.25) is 0 Å². The summed E-state index contributed by atoms with van der Waals surface area (Å²) >= 11 is 0. The number of rotatable bonds is 3. The van der Waals surface area contributed by atoms with Gasteiger partial charge in [-0.15, -0.1) is 0 Å². The van der Waals surface area contributed by atoms with Crippen LogP contribution in [0.3, 0.4) is 0 Å². The standard InChI is InChI=1S/C12H20N2O5/c1-12(2,10(16)17)13-11(18)14-6-4-8(5-7-14)9(15)19-3/h8H,4-7H2,1-3H3,(H,13,18)(H,16,17). The second-order valence-corrected chi connectivity index (χ2v) is 5.14. The van der Waals surface area contributed by atoms with Crippen LogP contribution < -0.4 is 5.32 Å². The Balaban J connectivity index is 2.50. The van der Waals surface area contributed by atoms with E-state index in [1.54, 1.807) is 0 Å². The van der Waals surface area contributed by atoms with E-state index in [4.69, 9.17) is 5.11 Å². The van der Waals surface area contributed by atoms with Crippen LogP contribution in [-0.4, -0.2) is 53.7 Å². The summed E-state index contributed by atoms with van der Waals surface area (Å²) in [5.74, 6) is -1.53. The Morgan fingerprint density at radius 2 is 1.79 bits per heavy atom. The monoisotopic (exact) mass is 272 g/mol. The van der Waals surface area contributed by atoms with Crippen molar-refractivity contribution in [2.75, 3.05) is 20.2 Å². The van der Waals surface area contributed by atoms with Gasteiger partial charge in [0.15, 0.2) is 0 Å². The highest BCUT2D eigenvalue weighted by molar-refractivity contribution is 5.85. The fraction of sp³-hybridized carbons (Fsp3) is 0.750. The Labute approximate surface area is 111 Å². The molecule has 1 rings (SSSR count). The van der Waals surface area contributed by atoms with Crippen molar-refractivity contribution in [3.8, 4) is 0 Å². The van der Waals surface area contributed by atoms with Crippen molar-refractivity contribution < 1.29 is 24.2 Å². The first-order chi connectivity index (χ1) is 8.77. The molecule has 108 valence electrons. The van der Waals surface area contributed by atoms with Crippen molar-refractivity contribution in [2.45, 2.75) is 32.2 Å². The summed E-state index contributed by atoms with van der Waals surface area (Å²) in [7, 11) is 1.34. The number of carbonyl (C=O) groups is 3. The largest absolute Gasteiger partial charge is 0.480 e. The molecule has 1 aliphatic rings. The van der Waals surface area contributed by atoms with Crippen molar-refractivity contribution in [1.29, 1.82) is 0 Å². The average molecular weight is 272 g/mol. The minimum atomic E-state index is -1.31. The number of nitrogens with zero attached hydrogens (tertiary/aromatic N) is 1. The topological polar surface area (TPSA) is 95.9 Å². The first-order valence-corrected chi connectivity index (χ1v) is 6.16. The van der Waals surface area contributed by atoms with Crippen LogP contribution >= 0.6 is 0 Å². The highest BCUT2D eigenvalue weighted by atomic mass is 16.5. The minimum absolute atomic E-state index is 0.179. The molecule has 1 heterocycles. The molecule has 0 unspecified atom stereocenters. The van der Waals surface area contributed by atoms with E-state index >= 15 is 0 Å². The minimum Gasteiger partial charge on any atom is -0.480 e. The van der Waals surface area contributed by atoms with Gasteiger partial charge in [0.05, 0.1) is 13.0 Å². The maximum absolute atomic E-state index is 11.9. The molecule has 0 aromatic heterocycles. The number of methoxy groups -OCH3 is 1. The highest BCUT2D eigenvalue weighted by Gasteiger charge is 2.33. The molecule has 1 saturated heterocycles. The maximum atomic E-state index is 11.9. The molecular weight excluding hydrogens is 252 g/mol. The molecule has 19 heavy (non-hydrogen) atoms. The summed E-state index contributed by atoms with van der Waals surface area (Å²) in [4.78, 5) is 35.7. The van der Waals surface area contributed by atoms with Gasteiger partial charge in [0.1, 0.15) is 5.54 Å². The fourth-order valence-corrected chi connectivity index (χ4v) is 1.88. The van der Waals surface area contributed by atoms with Crippen molar-refractivity contribution in [1.82, 2.24) is 10.2 Å². The number of urea groups is 1. The van der Waals surface area contributed by atoms with Gasteiger partial charge in [0, 0.05) is 13.1 Å². The van der Waals surface area contributed by atoms with Gasteiger partial charge >= 0.3 is 18.0 Å². The van der Waals surface area contributed by atoms with E-state index in [2.05, 4.69) is 10.1 Å². The smallest absolute Gasteiger partial charge is 0.328 e. The molecule has 0 spiro atoms. The zero-order valence-electron chi connectivity index (χ0n) is 11.4. The normalized spacial score (nSPS) is 16.9. The molecule has 1 aliphatic heterocycles. The zero-order valence-corrected chi connectivity index (χ0v) is 11.4. The number of amides is 2. The van der Waals surface area contributed by atoms with E-state index in [0.29, 0.717) is 25.9 Å². The second-order valence-electron chi connectivity index (χ2n) is 5.14. The first kappa shape index (κ1) is 15.3. The molecule has 1 fully saturated rings. The van der Waals surface area contributed by atoms with Crippen LogP contribution in [0.1, 0.15) is 26.7 Å². The number of nitrogens with one attached hydrogen (secondary N) is 1. The van der Waals surface area contributed by atoms with Gasteiger partial charge in [-0.3, -0.25) is 4.79 Å². The van der Waals surface area contributed by atoms with E-state index in [9.17, 15) is 14.4 Å². The van der Waals surface area contributed by atoms with E-state index in [-0.39, 0.29) is 11.9 Å². The number of carboxylic acid groups (broad SMARTS) is 1. The van der Waals surface area contributed by atoms with Gasteiger partial charge in [-0.2, -0.15) is 0 Å². The summed E-state index contributed by atoms with van der Waals surface area (Å²) < 4.78 is 4.66. The third-order valence-electron chi connectivity index (χ3n) is 3.27. The number of carbonyl (C=O) groups excluding carboxylic acids is 2. The molecule has 7 nitrogen and oxygen atoms in total. The van der Waals surface area contributed by atoms with Crippen LogP contribution in [0.2, 0.25) is 0 Å². The van der Waals surface area contributed by atoms with Crippen LogP contribution in [0.25, 0.3) is 0 Å². The van der Waals surface area contributed by atoms with Crippen molar-refractivity contribution in [3.05, 3.63) is 0 Å². The SMILES string of the molecule is COC(=O)C1CCN(C(=O)NC(C)(C)C(=O)O)CC1. The van der Waals surface area contributed by atoms with Gasteiger partial charge in [-0.05, 0) is 26.7 Å². The number of piperidine rings is 1. The quantitative estimate of drug-likeness (QED) is 0.727. The lowest BCUT2D eigenvalue weighted by Gasteiger charge is -2.33. The summed E-state index contributed by atoms with van der Waals surface area (Å²) in [5, 5.41) is 11.4. The lowest BCUT2D eigenvalue weighted by Crippen LogP contribution is -2.55. The molecule has 0 atom stereocenters. The average Bonchev–Trinajstić information content (AvgIpc) is 2.37. The Morgan fingerprint density at radius 3 is 2.21 bits per heavy atom. The van der Waals surface area contributed by atoms with Gasteiger partial charge in [-0.1, -0.05) is 0 Å². The number of carboxylic acids is 1. The lowest BCUT2D eigenvalue weighted by molar-refractivity contribution is -0.146. The zero-order chi connectivity index (χ0) is 14.6. The third kappa shape index (κ3) is 3.84. The molecule has 7 heteroatoms. The van der Waals surface area contributed by atoms with Crippen LogP contribution in [0.5, 0.6) is 0 Å². The number of ether oxygens (including phenoxy) is 1. The van der Waals surface area contributed by atoms with Crippen molar-refractivity contribution in [2.24, 2.45) is 5.92 Å². The fourth-order valence-electron chi connectivity index (χ4n) is 1.88. The van der Waals surface area contributed by atoms with Crippen LogP contribution in [0, 0.1) is 5.92 Å². The Hall–Kier alpha value is -1.79. The van der Waals surface area contributed by atoms with Crippen LogP contribution in [0.15, 0.2) is 0 Å². The molecule has 0 aliphatic carbocycles. The molecule has 0 bridgehead atoms. The predicted octanol–water partition coefficient (Wildman–Crippen LogP) is 0.444. The van der Waals surface area contributed by atoms with E-state index in [0.717, 1.165) is 0 Å². The highest BCUT2D eigenvalue weighted by Crippen LogP contribution is 2.18. The molecule has 2 amide bonds. The number of likely N-dealkylation sites (tertiary alicyclic amines) is 1. The number of esters is 1. The van der Waals surface area contributed by atoms with Crippen molar-refractivity contribution >= 4 is 18.0 Å². The van der Waals surface area contributed by atoms with Gasteiger partial charge in [0.25, 0.3) is 0 Å². The Kier molecular flexibility index (Phi) is 4.74. The number of hydrogen-bond acceptors (Lipinski definition) is 4. The van der Waals surface area contributed by atoms with Crippen LogP contribution in [-0.2, 0) is 14.3 Å². The first-order valence-electron chi connectivity index (χ1n) is 6.16. The lowest BCUT2D eigenvalue weighted by atomic mass is 9.97. The summed E-state index contributed by atoms with van der Waals surface area (Å²) in [5.41, 5.74) is -1.31. The number of aliphatic carboxylic acids is 1. The molecule has 0 radical (unpaired) electrons. The molecule has 0 aromatic carbocycles. The van der Waals surface area contributed by atoms with Crippen LogP contribution in [0.4, 0.5) is 4.79 Å². The van der Waals surface area contributed by atoms with E-state index in [1.807, 2.05) is 0 Å². The molecule has 0 saturated carbocycles. The molecule has 2 N–H and O–H groups in total. The summed E-state index contributed by atoms with van der Waals surface area (Å²) in [6.45, 7) is 3.69. The van der Waals surface area contributed by atoms with E-state index < -0.39 is 17.5 Å². The summed E-state index contributed by atoms with van der Waals surface area (Å²) in [6.07, 6.45) is 1.07. The predicted molar refractivity (Wildman–Crippen MR) is 66.6 cm³/mol. The number of hydrogen-bond donors (Lipinski definition) is 2. The Morgan fingerprint density at radius 1 is 1.26 bits per heavy atom. The second kappa shape index (κ2) is 5.90. The van der Waals surface area contributed by atoms with Crippen molar-refractivity contribution in [3.63, 3.8) is 0 Å². The summed E-state index contributed by atoms with van der Waals surface area (Å²) in [6, 6.07) is -0.421. The van der Waals surface area contributed by atoms with Gasteiger partial charge in [-0.25, -0.2) is 9.59 Å². The maximum Gasteiger partial charge on any atom is 0.328 e. The van der Waals surface area contributed by atoms with E-state index in [1.165, 1.54) is 25.9 Å².